The van der Waals surface area contributed by atoms with Crippen LogP contribution >= 0.6 is 0 Å². The second-order valence-electron chi connectivity index (χ2n) is 5.23. The van der Waals surface area contributed by atoms with Crippen LogP contribution in [0.5, 0.6) is 11.5 Å². The summed E-state index contributed by atoms with van der Waals surface area (Å²) in [6, 6.07) is 4.35. The minimum atomic E-state index is -0.713. The zero-order valence-corrected chi connectivity index (χ0v) is 12.8. The van der Waals surface area contributed by atoms with E-state index in [9.17, 15) is 9.59 Å². The molecule has 2 atom stereocenters. The van der Waals surface area contributed by atoms with Crippen LogP contribution in [0, 0.1) is 5.92 Å². The van der Waals surface area contributed by atoms with Crippen molar-refractivity contribution in [3.8, 4) is 11.5 Å². The van der Waals surface area contributed by atoms with Crippen molar-refractivity contribution in [1.29, 1.82) is 0 Å². The smallest absolute Gasteiger partial charge is 0.319 e. The highest BCUT2D eigenvalue weighted by Gasteiger charge is 2.39. The second-order valence-corrected chi connectivity index (χ2v) is 5.23. The van der Waals surface area contributed by atoms with Crippen LogP contribution in [0.4, 0.5) is 4.79 Å². The Kier molecular flexibility index (Phi) is 4.10. The average molecular weight is 318 g/mol. The van der Waals surface area contributed by atoms with Gasteiger partial charge in [0.25, 0.3) is 0 Å². The van der Waals surface area contributed by atoms with Crippen molar-refractivity contribution in [2.24, 2.45) is 5.92 Å². The first kappa shape index (κ1) is 15.2. The lowest BCUT2D eigenvalue weighted by Gasteiger charge is -2.33. The van der Waals surface area contributed by atoms with Gasteiger partial charge >= 0.3 is 12.0 Å². The molecule has 1 saturated heterocycles. The third-order valence-electron chi connectivity index (χ3n) is 3.74. The highest BCUT2D eigenvalue weighted by atomic mass is 16.6. The third-order valence-corrected chi connectivity index (χ3v) is 3.74. The number of carbonyl (C=O) groups excluding carboxylic acids is 2. The second kappa shape index (κ2) is 6.20. The molecule has 0 spiro atoms. The molecule has 3 rings (SSSR count). The lowest BCUT2D eigenvalue weighted by molar-refractivity contribution is -0.147. The van der Waals surface area contributed by atoms with Gasteiger partial charge in [-0.2, -0.15) is 0 Å². The summed E-state index contributed by atoms with van der Waals surface area (Å²) in [6.45, 7) is 6.73. The van der Waals surface area contributed by atoms with Crippen molar-refractivity contribution in [2.75, 3.05) is 19.8 Å². The van der Waals surface area contributed by atoms with E-state index < -0.39 is 24.0 Å². The van der Waals surface area contributed by atoms with Crippen LogP contribution in [0.15, 0.2) is 30.5 Å². The Labute approximate surface area is 133 Å². The summed E-state index contributed by atoms with van der Waals surface area (Å²) in [4.78, 5) is 24.0. The Morgan fingerprint density at radius 2 is 2.09 bits per heavy atom. The van der Waals surface area contributed by atoms with Gasteiger partial charge in [0.2, 0.25) is 0 Å². The van der Waals surface area contributed by atoms with E-state index in [2.05, 4.69) is 17.2 Å². The molecule has 7 heteroatoms. The van der Waals surface area contributed by atoms with Crippen molar-refractivity contribution >= 4 is 12.0 Å². The van der Waals surface area contributed by atoms with Gasteiger partial charge in [0, 0.05) is 5.70 Å². The van der Waals surface area contributed by atoms with Gasteiger partial charge < -0.3 is 24.8 Å². The maximum absolute atomic E-state index is 12.3. The summed E-state index contributed by atoms with van der Waals surface area (Å²) in [6.07, 6.45) is 0. The molecule has 2 unspecified atom stereocenters. The topological polar surface area (TPSA) is 85.9 Å². The van der Waals surface area contributed by atoms with E-state index >= 15 is 0 Å². The Bertz CT molecular complexity index is 658. The predicted octanol–water partition coefficient (Wildman–Crippen LogP) is 1.50. The van der Waals surface area contributed by atoms with E-state index in [1.54, 1.807) is 25.1 Å². The molecule has 0 bridgehead atoms. The van der Waals surface area contributed by atoms with Crippen molar-refractivity contribution in [2.45, 2.75) is 13.0 Å². The largest absolute Gasteiger partial charge is 0.486 e. The third kappa shape index (κ3) is 2.94. The lowest BCUT2D eigenvalue weighted by atomic mass is 9.89. The number of ether oxygens (including phenoxy) is 3. The van der Waals surface area contributed by atoms with Crippen molar-refractivity contribution in [1.82, 2.24) is 10.6 Å². The molecule has 1 fully saturated rings. The van der Waals surface area contributed by atoms with Gasteiger partial charge in [0.1, 0.15) is 19.1 Å². The molecule has 1 aromatic carbocycles. The molecule has 122 valence electrons. The van der Waals surface area contributed by atoms with Crippen molar-refractivity contribution < 1.29 is 23.8 Å². The Morgan fingerprint density at radius 1 is 1.35 bits per heavy atom. The van der Waals surface area contributed by atoms with Crippen LogP contribution < -0.4 is 20.1 Å². The number of benzene rings is 1. The standard InChI is InChI=1S/C16H18N2O5/c1-3-21-15(19)13-9(2)17-16(20)18-14(13)10-4-5-11-12(8-10)23-7-6-22-11/h4-5,8,13-14H,2-3,6-7H2,1H3,(H2,17,18,20). The van der Waals surface area contributed by atoms with Gasteiger partial charge in [0.05, 0.1) is 12.6 Å². The van der Waals surface area contributed by atoms with Crippen LogP contribution in [0.1, 0.15) is 18.5 Å². The molecule has 1 aromatic rings. The summed E-state index contributed by atoms with van der Waals surface area (Å²) in [5.74, 6) is 0.0848. The fourth-order valence-electron chi connectivity index (χ4n) is 2.72. The molecular formula is C16H18N2O5. The SMILES string of the molecule is C=C1NC(=O)NC(c2ccc3c(c2)OCCO3)C1C(=O)OCC. The highest BCUT2D eigenvalue weighted by Crippen LogP contribution is 2.36. The summed E-state index contributed by atoms with van der Waals surface area (Å²) in [5, 5.41) is 5.28. The number of carbonyl (C=O) groups is 2. The predicted molar refractivity (Wildman–Crippen MR) is 81.1 cm³/mol. The number of urea groups is 1. The number of hydrogen-bond acceptors (Lipinski definition) is 5. The first-order chi connectivity index (χ1) is 11.1. The van der Waals surface area contributed by atoms with Crippen LogP contribution in [-0.2, 0) is 9.53 Å². The van der Waals surface area contributed by atoms with Crippen LogP contribution in [0.25, 0.3) is 0 Å². The van der Waals surface area contributed by atoms with Gasteiger partial charge in [-0.1, -0.05) is 12.6 Å². The van der Waals surface area contributed by atoms with Gasteiger partial charge in [-0.25, -0.2) is 4.79 Å². The molecule has 2 amide bonds. The average Bonchev–Trinajstić information content (AvgIpc) is 2.53. The zero-order chi connectivity index (χ0) is 16.4. The maximum atomic E-state index is 12.3. The molecule has 7 nitrogen and oxygen atoms in total. The van der Waals surface area contributed by atoms with Crippen LogP contribution in [-0.4, -0.2) is 31.8 Å². The van der Waals surface area contributed by atoms with Gasteiger partial charge in [-0.05, 0) is 24.6 Å². The number of esters is 1. The number of amides is 2. The fourth-order valence-corrected chi connectivity index (χ4v) is 2.72. The maximum Gasteiger partial charge on any atom is 0.319 e. The van der Waals surface area contributed by atoms with Gasteiger partial charge in [-0.3, -0.25) is 4.79 Å². The van der Waals surface area contributed by atoms with Crippen molar-refractivity contribution in [3.63, 3.8) is 0 Å². The zero-order valence-electron chi connectivity index (χ0n) is 12.8. The Balaban J connectivity index is 1.94. The van der Waals surface area contributed by atoms with Crippen LogP contribution in [0.3, 0.4) is 0 Å². The number of hydrogen-bond donors (Lipinski definition) is 2. The number of rotatable bonds is 3. The molecule has 23 heavy (non-hydrogen) atoms. The van der Waals surface area contributed by atoms with Gasteiger partial charge in [-0.15, -0.1) is 0 Å². The van der Waals surface area contributed by atoms with E-state index in [0.29, 0.717) is 30.4 Å². The Hall–Kier alpha value is -2.70. The summed E-state index contributed by atoms with van der Waals surface area (Å²) in [7, 11) is 0. The molecule has 0 aromatic heterocycles. The quantitative estimate of drug-likeness (QED) is 0.825. The van der Waals surface area contributed by atoms with E-state index in [-0.39, 0.29) is 6.61 Å². The summed E-state index contributed by atoms with van der Waals surface area (Å²) < 4.78 is 16.2. The summed E-state index contributed by atoms with van der Waals surface area (Å²) in [5.41, 5.74) is 1.04. The van der Waals surface area contributed by atoms with E-state index in [0.717, 1.165) is 5.56 Å². The van der Waals surface area contributed by atoms with E-state index in [4.69, 9.17) is 14.2 Å². The first-order valence-corrected chi connectivity index (χ1v) is 7.42. The van der Waals surface area contributed by atoms with E-state index in [1.807, 2.05) is 0 Å². The normalized spacial score (nSPS) is 22.8. The van der Waals surface area contributed by atoms with Crippen molar-refractivity contribution in [3.05, 3.63) is 36.0 Å². The molecule has 2 N–H and O–H groups in total. The van der Waals surface area contributed by atoms with Crippen LogP contribution in [0.2, 0.25) is 0 Å². The first-order valence-electron chi connectivity index (χ1n) is 7.42. The highest BCUT2D eigenvalue weighted by molar-refractivity contribution is 5.85. The minimum absolute atomic E-state index is 0.254. The molecule has 2 heterocycles. The molecular weight excluding hydrogens is 300 g/mol. The lowest BCUT2D eigenvalue weighted by Crippen LogP contribution is -2.51. The number of fused-ring (bicyclic) bond motifs is 1. The monoisotopic (exact) mass is 318 g/mol. The molecule has 0 aliphatic carbocycles. The molecule has 0 saturated carbocycles. The minimum Gasteiger partial charge on any atom is -0.486 e. The summed E-state index contributed by atoms with van der Waals surface area (Å²) >= 11 is 0. The Morgan fingerprint density at radius 3 is 2.83 bits per heavy atom. The van der Waals surface area contributed by atoms with E-state index in [1.165, 1.54) is 0 Å². The molecule has 2 aliphatic heterocycles. The van der Waals surface area contributed by atoms with Gasteiger partial charge in [0.15, 0.2) is 11.5 Å². The molecule has 2 aliphatic rings. The number of nitrogens with one attached hydrogen (secondary N) is 2. The molecule has 0 radical (unpaired) electrons. The fraction of sp³-hybridized carbons (Fsp3) is 0.375.